The van der Waals surface area contributed by atoms with Crippen molar-refractivity contribution in [3.8, 4) is 53.7 Å². The maximum atomic E-state index is 11.4. The summed E-state index contributed by atoms with van der Waals surface area (Å²) in [5.41, 5.74) is 9.26. The molecule has 0 aromatic heterocycles. The third-order valence-corrected chi connectivity index (χ3v) is 5.16. The lowest BCUT2D eigenvalue weighted by Gasteiger charge is -2.13. The number of nitrogens with zero attached hydrogens (tertiary/aromatic N) is 4. The molecule has 1 heterocycles. The molecule has 11 nitrogen and oxygen atoms in total. The summed E-state index contributed by atoms with van der Waals surface area (Å²) < 4.78 is 15.5. The van der Waals surface area contributed by atoms with Gasteiger partial charge in [-0.25, -0.2) is 9.69 Å². The maximum Gasteiger partial charge on any atom is 0.328 e. The average molecular weight is 640 g/mol. The normalized spacial score (nSPS) is 10.2. The number of carboxylic acid groups (broad SMARTS) is 1. The number of hydrogen-bond donors (Lipinski definition) is 3. The molecule has 0 unspecified atom stereocenters. The second-order valence-corrected chi connectivity index (χ2v) is 8.34. The Morgan fingerprint density at radius 3 is 1.56 bits per heavy atom. The van der Waals surface area contributed by atoms with Gasteiger partial charge in [-0.2, -0.15) is 15.8 Å². The van der Waals surface area contributed by atoms with E-state index in [2.05, 4.69) is 40.8 Å². The maximum absolute atomic E-state index is 11.4. The molecule has 0 saturated carbocycles. The molecule has 0 fully saturated rings. The number of rotatable bonds is 4. The Balaban J connectivity index is 0.000000362. The molecular formula is C36H23FN6O5. The van der Waals surface area contributed by atoms with Crippen LogP contribution in [-0.4, -0.2) is 36.0 Å². The molecule has 3 amide bonds. The van der Waals surface area contributed by atoms with Crippen LogP contribution in [0.4, 0.5) is 21.5 Å². The number of alkyl halides is 1. The molecule has 234 valence electrons. The Kier molecular flexibility index (Phi) is 16.4. The van der Waals surface area contributed by atoms with E-state index in [1.165, 1.54) is 12.2 Å². The van der Waals surface area contributed by atoms with E-state index in [1.54, 1.807) is 91.0 Å². The topological polar surface area (TPSA) is 201 Å². The number of anilines is 3. The number of nitrogens with one attached hydrogen (secondary N) is 1. The number of carboxylic acids is 1. The molecule has 0 spiro atoms. The summed E-state index contributed by atoms with van der Waals surface area (Å²) in [5, 5.41) is 35.5. The van der Waals surface area contributed by atoms with Crippen LogP contribution in [0.2, 0.25) is 0 Å². The van der Waals surface area contributed by atoms with Gasteiger partial charge in [-0.05, 0) is 72.8 Å². The monoisotopic (exact) mass is 639 g/mol. The fourth-order valence-electron chi connectivity index (χ4n) is 3.18. The van der Waals surface area contributed by atoms with Gasteiger partial charge in [-0.1, -0.05) is 17.8 Å². The smallest absolute Gasteiger partial charge is 0.328 e. The third-order valence-electron chi connectivity index (χ3n) is 5.16. The SMILES string of the molecule is N#CC#Cc1ccc(N)cc1.N#CC#Cc1ccc(N2C(=O)C=CC2=O)cc1.N#CC#Cc1ccc(NC(=O)/C=C\C(=O)O)cc1.[2H]CF. The van der Waals surface area contributed by atoms with Crippen molar-refractivity contribution in [3.63, 3.8) is 0 Å². The molecule has 12 heteroatoms. The minimum Gasteiger partial charge on any atom is -0.478 e. The minimum absolute atomic E-state index is 0.356. The highest BCUT2D eigenvalue weighted by Gasteiger charge is 2.24. The molecule has 0 aliphatic carbocycles. The van der Waals surface area contributed by atoms with Gasteiger partial charge in [-0.3, -0.25) is 18.8 Å². The van der Waals surface area contributed by atoms with Crippen LogP contribution in [0.15, 0.2) is 97.1 Å². The highest BCUT2D eigenvalue weighted by Crippen LogP contribution is 2.19. The highest BCUT2D eigenvalue weighted by molar-refractivity contribution is 6.28. The zero-order valence-corrected chi connectivity index (χ0v) is 24.8. The lowest BCUT2D eigenvalue weighted by Crippen LogP contribution is -2.29. The van der Waals surface area contributed by atoms with E-state index in [0.29, 0.717) is 28.2 Å². The number of aliphatic carboxylic acids is 1. The van der Waals surface area contributed by atoms with Crippen LogP contribution in [0, 0.1) is 69.5 Å². The standard InChI is InChI=1S/C13H8N2O3.C13H6N2O2.C9H6N2.CH3F/c14-9-1-2-10-3-5-11(6-4-10)15-12(16)7-8-13(17)18;14-9-1-2-10-3-5-11(6-4-10)15-12(16)7-8-13(15)17;10-7-1-2-8-3-5-9(11)6-4-8;1-2/h3-8H,(H,15,16)(H,17,18);3-8H;3-6H,11H2;1H3/b8-7-;;;/i;;;1D. The van der Waals surface area contributed by atoms with E-state index >= 15 is 0 Å². The van der Waals surface area contributed by atoms with E-state index in [4.69, 9.17) is 28.0 Å². The minimum atomic E-state index is -1.19. The van der Waals surface area contributed by atoms with Gasteiger partial charge in [0.25, 0.3) is 11.8 Å². The zero-order chi connectivity index (χ0) is 36.4. The molecular weight excluding hydrogens is 615 g/mol. The molecule has 0 radical (unpaired) electrons. The van der Waals surface area contributed by atoms with Gasteiger partial charge in [0.2, 0.25) is 5.91 Å². The predicted molar refractivity (Wildman–Crippen MR) is 175 cm³/mol. The van der Waals surface area contributed by atoms with E-state index in [1.807, 2.05) is 0 Å². The molecule has 0 bridgehead atoms. The fourth-order valence-corrected chi connectivity index (χ4v) is 3.18. The van der Waals surface area contributed by atoms with Crippen molar-refractivity contribution in [3.05, 3.63) is 114 Å². The van der Waals surface area contributed by atoms with Gasteiger partial charge in [0, 0.05) is 70.1 Å². The van der Waals surface area contributed by atoms with Crippen molar-refractivity contribution in [1.29, 1.82) is 15.8 Å². The summed E-state index contributed by atoms with van der Waals surface area (Å²) in [7, 11) is -1.00. The Morgan fingerprint density at radius 1 is 0.771 bits per heavy atom. The van der Waals surface area contributed by atoms with Crippen LogP contribution in [0.1, 0.15) is 18.1 Å². The number of carbonyl (C=O) groups excluding carboxylic acids is 3. The summed E-state index contributed by atoms with van der Waals surface area (Å²) in [5.74, 6) is 12.3. The first-order chi connectivity index (χ1) is 23.6. The van der Waals surface area contributed by atoms with E-state index in [9.17, 15) is 23.6 Å². The zero-order valence-electron chi connectivity index (χ0n) is 25.8. The first-order valence-electron chi connectivity index (χ1n) is 13.7. The Labute approximate surface area is 277 Å². The summed E-state index contributed by atoms with van der Waals surface area (Å²) >= 11 is 0. The van der Waals surface area contributed by atoms with E-state index in [-0.39, 0.29) is 11.8 Å². The largest absolute Gasteiger partial charge is 0.478 e. The number of imide groups is 1. The van der Waals surface area contributed by atoms with Crippen molar-refractivity contribution in [2.45, 2.75) is 0 Å². The number of hydrogen-bond acceptors (Lipinski definition) is 8. The first-order valence-corrected chi connectivity index (χ1v) is 13.0. The molecule has 1 aliphatic heterocycles. The van der Waals surface area contributed by atoms with Crippen LogP contribution >= 0.6 is 0 Å². The van der Waals surface area contributed by atoms with Crippen molar-refractivity contribution in [2.24, 2.45) is 0 Å². The van der Waals surface area contributed by atoms with Gasteiger partial charge >= 0.3 is 5.97 Å². The van der Waals surface area contributed by atoms with Gasteiger partial charge in [0.05, 0.1) is 14.2 Å². The Bertz CT molecular complexity index is 2000. The Morgan fingerprint density at radius 2 is 1.17 bits per heavy atom. The predicted octanol–water partition coefficient (Wildman–Crippen LogP) is 3.86. The van der Waals surface area contributed by atoms with Gasteiger partial charge < -0.3 is 16.2 Å². The van der Waals surface area contributed by atoms with Crippen LogP contribution < -0.4 is 16.0 Å². The average Bonchev–Trinajstić information content (AvgIpc) is 3.44. The molecule has 1 aliphatic rings. The van der Waals surface area contributed by atoms with Gasteiger partial charge in [0.1, 0.15) is 0 Å². The summed E-state index contributed by atoms with van der Waals surface area (Å²) in [6.45, 7) is 0. The van der Waals surface area contributed by atoms with Gasteiger partial charge in [0.15, 0.2) is 18.2 Å². The molecule has 4 rings (SSSR count). The lowest BCUT2D eigenvalue weighted by molar-refractivity contribution is -0.131. The second kappa shape index (κ2) is 21.7. The van der Waals surface area contributed by atoms with E-state index in [0.717, 1.165) is 22.6 Å². The fraction of sp³-hybridized carbons (Fsp3) is 0.0278. The lowest BCUT2D eigenvalue weighted by atomic mass is 10.2. The Hall–Kier alpha value is -7.90. The molecule has 48 heavy (non-hydrogen) atoms. The third kappa shape index (κ3) is 14.5. The first kappa shape index (κ1) is 36.3. The summed E-state index contributed by atoms with van der Waals surface area (Å²) in [6.07, 6.45) is 4.13. The summed E-state index contributed by atoms with van der Waals surface area (Å²) in [4.78, 5) is 45.3. The van der Waals surface area contributed by atoms with Crippen molar-refractivity contribution in [2.75, 3.05) is 23.1 Å². The number of nitrogen functional groups attached to an aromatic ring is 1. The number of halogens is 1. The molecule has 3 aromatic carbocycles. The van der Waals surface area contributed by atoms with Crippen molar-refractivity contribution in [1.82, 2.24) is 0 Å². The molecule has 3 aromatic rings. The number of amides is 3. The second-order valence-electron chi connectivity index (χ2n) is 8.34. The van der Waals surface area contributed by atoms with Crippen LogP contribution in [0.5, 0.6) is 0 Å². The number of nitriles is 3. The van der Waals surface area contributed by atoms with Gasteiger partial charge in [-0.15, -0.1) is 0 Å². The van der Waals surface area contributed by atoms with Crippen molar-refractivity contribution >= 4 is 40.8 Å². The van der Waals surface area contributed by atoms with Crippen LogP contribution in [0.3, 0.4) is 0 Å². The van der Waals surface area contributed by atoms with Crippen molar-refractivity contribution < 1.29 is 30.0 Å². The molecule has 0 atom stereocenters. The summed E-state index contributed by atoms with van der Waals surface area (Å²) in [6, 6.07) is 25.2. The van der Waals surface area contributed by atoms with E-state index < -0.39 is 19.0 Å². The highest BCUT2D eigenvalue weighted by atomic mass is 19.1. The van der Waals surface area contributed by atoms with Crippen LogP contribution in [-0.2, 0) is 19.2 Å². The van der Waals surface area contributed by atoms with Crippen LogP contribution in [0.25, 0.3) is 0 Å². The number of benzene rings is 3. The number of carbonyl (C=O) groups is 4. The quantitative estimate of drug-likeness (QED) is 0.164. The number of nitrogens with two attached hydrogens (primary N) is 1. The molecule has 0 saturated heterocycles. The molecule has 4 N–H and O–H groups in total.